The molecule has 1 unspecified atom stereocenters. The Morgan fingerprint density at radius 2 is 1.92 bits per heavy atom. The Hall–Kier alpha value is -2.66. The SMILES string of the molecule is CCOc1cc(-c2ccccc2)sc1C(=O)NC(C)c1ccncc1. The molecule has 0 saturated heterocycles. The summed E-state index contributed by atoms with van der Waals surface area (Å²) in [6, 6.07) is 15.6. The van der Waals surface area contributed by atoms with Crippen LogP contribution in [0.15, 0.2) is 60.9 Å². The largest absolute Gasteiger partial charge is 0.492 e. The summed E-state index contributed by atoms with van der Waals surface area (Å²) in [5, 5.41) is 3.04. The average Bonchev–Trinajstić information content (AvgIpc) is 3.07. The van der Waals surface area contributed by atoms with Gasteiger partial charge in [-0.1, -0.05) is 30.3 Å². The van der Waals surface area contributed by atoms with Gasteiger partial charge in [0, 0.05) is 17.3 Å². The number of carbonyl (C=O) groups excluding carboxylic acids is 1. The van der Waals surface area contributed by atoms with Gasteiger partial charge in [-0.15, -0.1) is 11.3 Å². The monoisotopic (exact) mass is 352 g/mol. The highest BCUT2D eigenvalue weighted by molar-refractivity contribution is 7.17. The van der Waals surface area contributed by atoms with E-state index in [1.54, 1.807) is 12.4 Å². The Morgan fingerprint density at radius 3 is 2.60 bits per heavy atom. The van der Waals surface area contributed by atoms with E-state index >= 15 is 0 Å². The third kappa shape index (κ3) is 4.06. The number of aromatic nitrogens is 1. The summed E-state index contributed by atoms with van der Waals surface area (Å²) in [6.45, 7) is 4.39. The van der Waals surface area contributed by atoms with Crippen molar-refractivity contribution in [3.63, 3.8) is 0 Å². The van der Waals surface area contributed by atoms with Crippen molar-refractivity contribution < 1.29 is 9.53 Å². The van der Waals surface area contributed by atoms with E-state index in [9.17, 15) is 4.79 Å². The molecule has 2 aromatic heterocycles. The third-order valence-electron chi connectivity index (χ3n) is 3.82. The van der Waals surface area contributed by atoms with Crippen molar-refractivity contribution in [2.45, 2.75) is 19.9 Å². The summed E-state index contributed by atoms with van der Waals surface area (Å²) in [4.78, 5) is 18.4. The molecule has 5 heteroatoms. The lowest BCUT2D eigenvalue weighted by atomic mass is 10.1. The number of benzene rings is 1. The van der Waals surface area contributed by atoms with Crippen molar-refractivity contribution in [2.75, 3.05) is 6.61 Å². The average molecular weight is 352 g/mol. The number of thiophene rings is 1. The highest BCUT2D eigenvalue weighted by Gasteiger charge is 2.20. The predicted octanol–water partition coefficient (Wildman–Crippen LogP) is 4.70. The third-order valence-corrected chi connectivity index (χ3v) is 4.98. The lowest BCUT2D eigenvalue weighted by molar-refractivity contribution is 0.0940. The lowest BCUT2D eigenvalue weighted by Crippen LogP contribution is -2.26. The Kier molecular flexibility index (Phi) is 5.46. The van der Waals surface area contributed by atoms with Gasteiger partial charge in [0.15, 0.2) is 0 Å². The highest BCUT2D eigenvalue weighted by atomic mass is 32.1. The number of pyridine rings is 1. The molecular formula is C20H20N2O2S. The molecule has 1 atom stereocenters. The number of nitrogens with zero attached hydrogens (tertiary/aromatic N) is 1. The van der Waals surface area contributed by atoms with E-state index in [1.165, 1.54) is 11.3 Å². The molecule has 0 bridgehead atoms. The van der Waals surface area contributed by atoms with Crippen LogP contribution < -0.4 is 10.1 Å². The van der Waals surface area contributed by atoms with Crippen LogP contribution in [-0.2, 0) is 0 Å². The molecule has 0 aliphatic carbocycles. The Bertz CT molecular complexity index is 831. The van der Waals surface area contributed by atoms with Gasteiger partial charge in [-0.2, -0.15) is 0 Å². The van der Waals surface area contributed by atoms with E-state index < -0.39 is 0 Å². The Morgan fingerprint density at radius 1 is 1.20 bits per heavy atom. The predicted molar refractivity (Wildman–Crippen MR) is 101 cm³/mol. The molecule has 3 rings (SSSR count). The van der Waals surface area contributed by atoms with Crippen LogP contribution in [0.3, 0.4) is 0 Å². The standard InChI is InChI=1S/C20H20N2O2S/c1-3-24-17-13-18(16-7-5-4-6-8-16)25-19(17)20(23)22-14(2)15-9-11-21-12-10-15/h4-14H,3H2,1-2H3,(H,22,23). The number of ether oxygens (including phenoxy) is 1. The first-order valence-electron chi connectivity index (χ1n) is 8.22. The van der Waals surface area contributed by atoms with Crippen molar-refractivity contribution in [1.82, 2.24) is 10.3 Å². The molecule has 0 fully saturated rings. The van der Waals surface area contributed by atoms with Gasteiger partial charge in [-0.25, -0.2) is 0 Å². The van der Waals surface area contributed by atoms with Gasteiger partial charge in [0.2, 0.25) is 0 Å². The van der Waals surface area contributed by atoms with Gasteiger partial charge >= 0.3 is 0 Å². The lowest BCUT2D eigenvalue weighted by Gasteiger charge is -2.14. The number of rotatable bonds is 6. The van der Waals surface area contributed by atoms with Crippen LogP contribution in [0.25, 0.3) is 10.4 Å². The van der Waals surface area contributed by atoms with Crippen LogP contribution in [-0.4, -0.2) is 17.5 Å². The normalized spacial score (nSPS) is 11.8. The highest BCUT2D eigenvalue weighted by Crippen LogP contribution is 2.36. The fourth-order valence-corrected chi connectivity index (χ4v) is 3.55. The van der Waals surface area contributed by atoms with E-state index in [1.807, 2.05) is 62.4 Å². The molecule has 25 heavy (non-hydrogen) atoms. The van der Waals surface area contributed by atoms with Crippen LogP contribution in [0, 0.1) is 0 Å². The van der Waals surface area contributed by atoms with Gasteiger partial charge in [-0.05, 0) is 43.2 Å². The zero-order valence-electron chi connectivity index (χ0n) is 14.2. The summed E-state index contributed by atoms with van der Waals surface area (Å²) in [5.41, 5.74) is 2.09. The van der Waals surface area contributed by atoms with Crippen molar-refractivity contribution in [2.24, 2.45) is 0 Å². The van der Waals surface area contributed by atoms with Gasteiger partial charge < -0.3 is 10.1 Å². The van der Waals surface area contributed by atoms with Gasteiger partial charge in [0.05, 0.1) is 12.6 Å². The van der Waals surface area contributed by atoms with Gasteiger partial charge in [-0.3, -0.25) is 9.78 Å². The van der Waals surface area contributed by atoms with Crippen LogP contribution in [0.5, 0.6) is 5.75 Å². The maximum atomic E-state index is 12.8. The molecule has 0 radical (unpaired) electrons. The number of hydrogen-bond acceptors (Lipinski definition) is 4. The minimum atomic E-state index is -0.125. The van der Waals surface area contributed by atoms with Gasteiger partial charge in [0.1, 0.15) is 10.6 Å². The quantitative estimate of drug-likeness (QED) is 0.699. The fourth-order valence-electron chi connectivity index (χ4n) is 2.54. The van der Waals surface area contributed by atoms with E-state index in [0.717, 1.165) is 16.0 Å². The second-order valence-corrected chi connectivity index (χ2v) is 6.63. The van der Waals surface area contributed by atoms with Crippen molar-refractivity contribution in [3.8, 4) is 16.2 Å². The molecule has 128 valence electrons. The molecule has 4 nitrogen and oxygen atoms in total. The van der Waals surface area contributed by atoms with Crippen molar-refractivity contribution in [3.05, 3.63) is 71.4 Å². The number of carbonyl (C=O) groups is 1. The molecule has 0 aliphatic heterocycles. The van der Waals surface area contributed by atoms with Crippen LogP contribution in [0.2, 0.25) is 0 Å². The van der Waals surface area contributed by atoms with E-state index in [2.05, 4.69) is 10.3 Å². The topological polar surface area (TPSA) is 51.2 Å². The van der Waals surface area contributed by atoms with Crippen LogP contribution in [0.4, 0.5) is 0 Å². The van der Waals surface area contributed by atoms with Crippen LogP contribution in [0.1, 0.15) is 35.1 Å². The van der Waals surface area contributed by atoms with E-state index in [4.69, 9.17) is 4.74 Å². The second kappa shape index (κ2) is 7.94. The molecule has 2 heterocycles. The molecule has 0 aliphatic rings. The minimum absolute atomic E-state index is 0.104. The molecule has 3 aromatic rings. The van der Waals surface area contributed by atoms with Crippen molar-refractivity contribution in [1.29, 1.82) is 0 Å². The second-order valence-electron chi connectivity index (χ2n) is 5.58. The molecule has 1 aromatic carbocycles. The van der Waals surface area contributed by atoms with E-state index in [-0.39, 0.29) is 11.9 Å². The number of nitrogens with one attached hydrogen (secondary N) is 1. The summed E-state index contributed by atoms with van der Waals surface area (Å²) < 4.78 is 5.69. The zero-order chi connectivity index (χ0) is 17.6. The zero-order valence-corrected chi connectivity index (χ0v) is 15.0. The summed E-state index contributed by atoms with van der Waals surface area (Å²) >= 11 is 1.45. The smallest absolute Gasteiger partial charge is 0.265 e. The molecule has 1 N–H and O–H groups in total. The fraction of sp³-hybridized carbons (Fsp3) is 0.200. The van der Waals surface area contributed by atoms with Gasteiger partial charge in [0.25, 0.3) is 5.91 Å². The molecule has 0 saturated carbocycles. The first-order valence-corrected chi connectivity index (χ1v) is 9.03. The maximum absolute atomic E-state index is 12.8. The maximum Gasteiger partial charge on any atom is 0.265 e. The summed E-state index contributed by atoms with van der Waals surface area (Å²) in [6.07, 6.45) is 3.45. The minimum Gasteiger partial charge on any atom is -0.492 e. The van der Waals surface area contributed by atoms with Crippen LogP contribution >= 0.6 is 11.3 Å². The first kappa shape index (κ1) is 17.2. The van der Waals surface area contributed by atoms with Crippen molar-refractivity contribution >= 4 is 17.2 Å². The Balaban J connectivity index is 1.85. The van der Waals surface area contributed by atoms with E-state index in [0.29, 0.717) is 17.2 Å². The number of hydrogen-bond donors (Lipinski definition) is 1. The number of amides is 1. The molecule has 0 spiro atoms. The Labute approximate surface area is 151 Å². The summed E-state index contributed by atoms with van der Waals surface area (Å²) in [5.74, 6) is 0.505. The molecule has 1 amide bonds. The molecular weight excluding hydrogens is 332 g/mol. The summed E-state index contributed by atoms with van der Waals surface area (Å²) in [7, 11) is 0. The first-order chi connectivity index (χ1) is 12.2.